The fraction of sp³-hybridized carbons (Fsp3) is 0.353. The topological polar surface area (TPSA) is 86.7 Å². The number of hydrogen-bond acceptors (Lipinski definition) is 6. The molecule has 11 heteroatoms. The molecule has 150 valence electrons. The number of benzene rings is 1. The zero-order chi connectivity index (χ0) is 20.5. The molecule has 0 spiro atoms. The summed E-state index contributed by atoms with van der Waals surface area (Å²) >= 11 is 12.1. The lowest BCUT2D eigenvalue weighted by Gasteiger charge is -2.34. The number of halogens is 2. The molecular weight excluding hydrogens is 425 g/mol. The van der Waals surface area contributed by atoms with Crippen molar-refractivity contribution in [2.24, 2.45) is 0 Å². The third-order valence-electron chi connectivity index (χ3n) is 4.37. The normalized spacial score (nSPS) is 15.5. The van der Waals surface area contributed by atoms with Crippen LogP contribution in [0.3, 0.4) is 0 Å². The Labute approximate surface area is 173 Å². The number of aromatic nitrogens is 2. The first-order chi connectivity index (χ1) is 13.2. The molecule has 0 saturated carbocycles. The second-order valence-electron chi connectivity index (χ2n) is 6.42. The Kier molecular flexibility index (Phi) is 6.09. The zero-order valence-electron chi connectivity index (χ0n) is 15.3. The van der Waals surface area contributed by atoms with Gasteiger partial charge in [0.1, 0.15) is 4.90 Å². The van der Waals surface area contributed by atoms with Gasteiger partial charge in [-0.15, -0.1) is 10.2 Å². The fourth-order valence-electron chi connectivity index (χ4n) is 2.83. The van der Waals surface area contributed by atoms with Gasteiger partial charge in [0.05, 0.1) is 10.0 Å². The molecule has 1 amide bonds. The van der Waals surface area contributed by atoms with Gasteiger partial charge in [-0.05, 0) is 24.3 Å². The summed E-state index contributed by atoms with van der Waals surface area (Å²) < 4.78 is 27.1. The average Bonchev–Trinajstić information content (AvgIpc) is 2.67. The van der Waals surface area contributed by atoms with Gasteiger partial charge >= 0.3 is 0 Å². The standard InChI is InChI=1S/C17H19Cl2N5O3S/c1-22(2)15-7-6-14(20-21-15)17(25)23-8-10-24(11-9-23)28(26,27)16-12(18)4-3-5-13(16)19/h3-7H,8-11H2,1-2H3. The Morgan fingerprint density at radius 2 is 1.61 bits per heavy atom. The molecule has 1 saturated heterocycles. The number of anilines is 1. The molecule has 1 aromatic carbocycles. The van der Waals surface area contributed by atoms with Gasteiger partial charge in [0, 0.05) is 40.3 Å². The molecule has 2 aromatic rings. The Morgan fingerprint density at radius 1 is 1.00 bits per heavy atom. The van der Waals surface area contributed by atoms with E-state index in [1.54, 1.807) is 28.0 Å². The number of nitrogens with zero attached hydrogens (tertiary/aromatic N) is 5. The van der Waals surface area contributed by atoms with Gasteiger partial charge in [0.2, 0.25) is 10.0 Å². The Morgan fingerprint density at radius 3 is 2.11 bits per heavy atom. The monoisotopic (exact) mass is 443 g/mol. The van der Waals surface area contributed by atoms with E-state index >= 15 is 0 Å². The minimum absolute atomic E-state index is 0.0715. The highest BCUT2D eigenvalue weighted by Gasteiger charge is 2.33. The van der Waals surface area contributed by atoms with E-state index in [1.165, 1.54) is 16.4 Å². The highest BCUT2D eigenvalue weighted by atomic mass is 35.5. The number of hydrogen-bond donors (Lipinski definition) is 0. The first-order valence-corrected chi connectivity index (χ1v) is 10.7. The van der Waals surface area contributed by atoms with Crippen LogP contribution in [-0.2, 0) is 10.0 Å². The van der Waals surface area contributed by atoms with E-state index in [2.05, 4.69) is 10.2 Å². The van der Waals surface area contributed by atoms with Crippen LogP contribution in [0.15, 0.2) is 35.2 Å². The highest BCUT2D eigenvalue weighted by Crippen LogP contribution is 2.31. The van der Waals surface area contributed by atoms with E-state index in [0.29, 0.717) is 5.82 Å². The molecule has 8 nitrogen and oxygen atoms in total. The maximum Gasteiger partial charge on any atom is 0.274 e. The van der Waals surface area contributed by atoms with Gasteiger partial charge in [-0.3, -0.25) is 4.79 Å². The molecule has 28 heavy (non-hydrogen) atoms. The van der Waals surface area contributed by atoms with Crippen LogP contribution in [0.4, 0.5) is 5.82 Å². The summed E-state index contributed by atoms with van der Waals surface area (Å²) in [6, 6.07) is 7.87. The third-order valence-corrected chi connectivity index (χ3v) is 7.23. The minimum atomic E-state index is -3.85. The van der Waals surface area contributed by atoms with Gasteiger partial charge in [0.25, 0.3) is 5.91 Å². The van der Waals surface area contributed by atoms with Gasteiger partial charge in [-0.1, -0.05) is 29.3 Å². The number of carbonyl (C=O) groups is 1. The molecule has 0 aliphatic carbocycles. The summed E-state index contributed by atoms with van der Waals surface area (Å²) in [5.41, 5.74) is 0.219. The van der Waals surface area contributed by atoms with Crippen LogP contribution in [0.2, 0.25) is 10.0 Å². The van der Waals surface area contributed by atoms with E-state index in [-0.39, 0.29) is 52.7 Å². The third kappa shape index (κ3) is 4.07. The predicted molar refractivity (Wildman–Crippen MR) is 107 cm³/mol. The summed E-state index contributed by atoms with van der Waals surface area (Å²) in [5, 5.41) is 8.11. The lowest BCUT2D eigenvalue weighted by atomic mass is 10.3. The molecule has 3 rings (SSSR count). The lowest BCUT2D eigenvalue weighted by Crippen LogP contribution is -2.50. The van der Waals surface area contributed by atoms with E-state index in [1.807, 2.05) is 14.1 Å². The van der Waals surface area contributed by atoms with Gasteiger partial charge < -0.3 is 9.80 Å². The number of sulfonamides is 1. The van der Waals surface area contributed by atoms with Crippen molar-refractivity contribution in [3.8, 4) is 0 Å². The molecule has 1 fully saturated rings. The van der Waals surface area contributed by atoms with Crippen LogP contribution in [0.1, 0.15) is 10.5 Å². The Balaban J connectivity index is 1.71. The SMILES string of the molecule is CN(C)c1ccc(C(=O)N2CCN(S(=O)(=O)c3c(Cl)cccc3Cl)CC2)nn1. The number of amides is 1. The molecule has 1 aromatic heterocycles. The number of carbonyl (C=O) groups excluding carboxylic acids is 1. The fourth-order valence-corrected chi connectivity index (χ4v) is 5.34. The molecule has 0 unspecified atom stereocenters. The average molecular weight is 444 g/mol. The number of piperazine rings is 1. The quantitative estimate of drug-likeness (QED) is 0.717. The van der Waals surface area contributed by atoms with Crippen molar-refractivity contribution < 1.29 is 13.2 Å². The van der Waals surface area contributed by atoms with E-state index in [9.17, 15) is 13.2 Å². The molecule has 0 N–H and O–H groups in total. The van der Waals surface area contributed by atoms with Crippen molar-refractivity contribution in [3.05, 3.63) is 46.1 Å². The Bertz CT molecular complexity index is 955. The van der Waals surface area contributed by atoms with E-state index < -0.39 is 10.0 Å². The second kappa shape index (κ2) is 8.20. The summed E-state index contributed by atoms with van der Waals surface area (Å²) in [5.74, 6) is 0.356. The largest absolute Gasteiger partial charge is 0.361 e. The van der Waals surface area contributed by atoms with Gasteiger partial charge in [-0.2, -0.15) is 4.31 Å². The van der Waals surface area contributed by atoms with Crippen LogP contribution < -0.4 is 4.90 Å². The molecule has 1 aliphatic rings. The Hall–Kier alpha value is -1.94. The first kappa shape index (κ1) is 20.8. The lowest BCUT2D eigenvalue weighted by molar-refractivity contribution is 0.0691. The van der Waals surface area contributed by atoms with E-state index in [0.717, 1.165) is 0 Å². The smallest absolute Gasteiger partial charge is 0.274 e. The zero-order valence-corrected chi connectivity index (χ0v) is 17.7. The van der Waals surface area contributed by atoms with Crippen molar-refractivity contribution >= 4 is 45.0 Å². The molecule has 0 bridgehead atoms. The van der Waals surface area contributed by atoms with Crippen molar-refractivity contribution in [1.82, 2.24) is 19.4 Å². The summed E-state index contributed by atoms with van der Waals surface area (Å²) in [7, 11) is -0.195. The number of rotatable bonds is 4. The molecule has 1 aliphatic heterocycles. The molecule has 0 radical (unpaired) electrons. The summed E-state index contributed by atoms with van der Waals surface area (Å²) in [4.78, 5) is 15.8. The van der Waals surface area contributed by atoms with Gasteiger partial charge in [0.15, 0.2) is 11.5 Å². The molecular formula is C17H19Cl2N5O3S. The maximum absolute atomic E-state index is 12.9. The van der Waals surface area contributed by atoms with Crippen molar-refractivity contribution in [2.45, 2.75) is 4.90 Å². The molecule has 2 heterocycles. The van der Waals surface area contributed by atoms with Crippen LogP contribution in [0.25, 0.3) is 0 Å². The second-order valence-corrected chi connectivity index (χ2v) is 9.11. The van der Waals surface area contributed by atoms with Crippen molar-refractivity contribution in [3.63, 3.8) is 0 Å². The molecule has 0 atom stereocenters. The predicted octanol–water partition coefficient (Wildman–Crippen LogP) is 2.00. The van der Waals surface area contributed by atoms with Gasteiger partial charge in [-0.25, -0.2) is 8.42 Å². The summed E-state index contributed by atoms with van der Waals surface area (Å²) in [6.07, 6.45) is 0. The minimum Gasteiger partial charge on any atom is -0.361 e. The van der Waals surface area contributed by atoms with Crippen molar-refractivity contribution in [2.75, 3.05) is 45.2 Å². The van der Waals surface area contributed by atoms with Crippen LogP contribution in [0.5, 0.6) is 0 Å². The van der Waals surface area contributed by atoms with Crippen LogP contribution >= 0.6 is 23.2 Å². The van der Waals surface area contributed by atoms with Crippen LogP contribution in [-0.4, -0.2) is 74.0 Å². The maximum atomic E-state index is 12.9. The van der Waals surface area contributed by atoms with E-state index in [4.69, 9.17) is 23.2 Å². The van der Waals surface area contributed by atoms with Crippen molar-refractivity contribution in [1.29, 1.82) is 0 Å². The first-order valence-electron chi connectivity index (χ1n) is 8.46. The van der Waals surface area contributed by atoms with Crippen LogP contribution in [0, 0.1) is 0 Å². The highest BCUT2D eigenvalue weighted by molar-refractivity contribution is 7.89. The summed E-state index contributed by atoms with van der Waals surface area (Å²) in [6.45, 7) is 0.742.